The highest BCUT2D eigenvalue weighted by atomic mass is 14.9. The second-order valence-electron chi connectivity index (χ2n) is 5.48. The van der Waals surface area contributed by atoms with Crippen molar-refractivity contribution in [2.24, 2.45) is 0 Å². The number of hydrogen-bond acceptors (Lipinski definition) is 1. The number of aryl methyl sites for hydroxylation is 1. The minimum atomic E-state index is 1.05. The molecule has 3 aromatic rings. The molecule has 0 aromatic heterocycles. The fourth-order valence-corrected chi connectivity index (χ4v) is 3.28. The van der Waals surface area contributed by atoms with Gasteiger partial charge >= 0.3 is 0 Å². The van der Waals surface area contributed by atoms with Crippen LogP contribution < -0.4 is 5.32 Å². The van der Waals surface area contributed by atoms with Crippen LogP contribution in [-0.4, -0.2) is 6.54 Å². The van der Waals surface area contributed by atoms with Crippen molar-refractivity contribution in [2.45, 2.75) is 13.3 Å². The predicted octanol–water partition coefficient (Wildman–Crippen LogP) is 4.78. The van der Waals surface area contributed by atoms with E-state index in [4.69, 9.17) is 0 Å². The van der Waals surface area contributed by atoms with Gasteiger partial charge in [-0.25, -0.2) is 0 Å². The molecule has 98 valence electrons. The standard InChI is InChI=1S/C19H17N/c1-13-9-10-17(15-6-3-2-5-14(13)15)16-7-4-8-19-18(16)11-12-20-19/h2-10,20H,11-12H2,1H3. The minimum Gasteiger partial charge on any atom is -0.384 e. The number of rotatable bonds is 1. The van der Waals surface area contributed by atoms with E-state index in [0.29, 0.717) is 0 Å². The van der Waals surface area contributed by atoms with Crippen LogP contribution in [0, 0.1) is 6.92 Å². The van der Waals surface area contributed by atoms with Gasteiger partial charge < -0.3 is 5.32 Å². The lowest BCUT2D eigenvalue weighted by Crippen LogP contribution is -1.90. The molecule has 0 aliphatic carbocycles. The van der Waals surface area contributed by atoms with Crippen molar-refractivity contribution < 1.29 is 0 Å². The Kier molecular flexibility index (Phi) is 2.53. The molecule has 0 spiro atoms. The fourth-order valence-electron chi connectivity index (χ4n) is 3.28. The molecule has 4 rings (SSSR count). The monoisotopic (exact) mass is 259 g/mol. The Balaban J connectivity index is 2.05. The van der Waals surface area contributed by atoms with Gasteiger partial charge in [0.1, 0.15) is 0 Å². The second kappa shape index (κ2) is 4.38. The smallest absolute Gasteiger partial charge is 0.0379 e. The zero-order valence-electron chi connectivity index (χ0n) is 11.6. The lowest BCUT2D eigenvalue weighted by atomic mass is 9.92. The van der Waals surface area contributed by atoms with Crippen LogP contribution >= 0.6 is 0 Å². The van der Waals surface area contributed by atoms with Crippen LogP contribution in [0.4, 0.5) is 5.69 Å². The molecule has 0 bridgehead atoms. The molecule has 0 unspecified atom stereocenters. The van der Waals surface area contributed by atoms with E-state index in [1.165, 1.54) is 38.7 Å². The van der Waals surface area contributed by atoms with Crippen LogP contribution in [-0.2, 0) is 6.42 Å². The first-order chi connectivity index (χ1) is 9.84. The molecular weight excluding hydrogens is 242 g/mol. The van der Waals surface area contributed by atoms with Gasteiger partial charge in [0.25, 0.3) is 0 Å². The summed E-state index contributed by atoms with van der Waals surface area (Å²) < 4.78 is 0. The van der Waals surface area contributed by atoms with Crippen LogP contribution in [0.2, 0.25) is 0 Å². The molecule has 0 atom stereocenters. The van der Waals surface area contributed by atoms with Crippen molar-refractivity contribution in [3.63, 3.8) is 0 Å². The predicted molar refractivity (Wildman–Crippen MR) is 86.3 cm³/mol. The van der Waals surface area contributed by atoms with Crippen molar-refractivity contribution in [1.82, 2.24) is 0 Å². The Morgan fingerprint density at radius 2 is 1.65 bits per heavy atom. The molecule has 1 N–H and O–H groups in total. The van der Waals surface area contributed by atoms with Gasteiger partial charge in [-0.15, -0.1) is 0 Å². The van der Waals surface area contributed by atoms with E-state index < -0.39 is 0 Å². The average molecular weight is 259 g/mol. The molecular formula is C19H17N. The van der Waals surface area contributed by atoms with E-state index in [-0.39, 0.29) is 0 Å². The largest absolute Gasteiger partial charge is 0.384 e. The van der Waals surface area contributed by atoms with Crippen LogP contribution in [0.15, 0.2) is 54.6 Å². The summed E-state index contributed by atoms with van der Waals surface area (Å²) in [7, 11) is 0. The molecule has 1 aliphatic heterocycles. The van der Waals surface area contributed by atoms with Crippen molar-refractivity contribution >= 4 is 16.5 Å². The molecule has 1 nitrogen and oxygen atoms in total. The highest BCUT2D eigenvalue weighted by Gasteiger charge is 2.16. The molecule has 0 saturated heterocycles. The van der Waals surface area contributed by atoms with Gasteiger partial charge in [-0.1, -0.05) is 48.5 Å². The van der Waals surface area contributed by atoms with Gasteiger partial charge in [-0.2, -0.15) is 0 Å². The molecule has 0 saturated carbocycles. The molecule has 1 heterocycles. The molecule has 0 fully saturated rings. The lowest BCUT2D eigenvalue weighted by molar-refractivity contribution is 1.11. The SMILES string of the molecule is Cc1ccc(-c2cccc3c2CCN3)c2ccccc12. The third-order valence-electron chi connectivity index (χ3n) is 4.30. The third kappa shape index (κ3) is 1.63. The van der Waals surface area contributed by atoms with E-state index in [2.05, 4.69) is 66.8 Å². The fraction of sp³-hybridized carbons (Fsp3) is 0.158. The Hall–Kier alpha value is -2.28. The number of fused-ring (bicyclic) bond motifs is 2. The number of nitrogens with one attached hydrogen (secondary N) is 1. The summed E-state index contributed by atoms with van der Waals surface area (Å²) in [6.07, 6.45) is 1.12. The normalized spacial score (nSPS) is 13.2. The van der Waals surface area contributed by atoms with Crippen molar-refractivity contribution in [3.8, 4) is 11.1 Å². The van der Waals surface area contributed by atoms with Gasteiger partial charge in [-0.05, 0) is 52.4 Å². The Labute approximate surface area is 119 Å². The van der Waals surface area contributed by atoms with Gasteiger partial charge in [0.05, 0.1) is 0 Å². The molecule has 1 heteroatoms. The molecule has 3 aromatic carbocycles. The summed E-state index contributed by atoms with van der Waals surface area (Å²) in [5, 5.41) is 6.18. The molecule has 0 radical (unpaired) electrons. The van der Waals surface area contributed by atoms with Crippen LogP contribution in [0.1, 0.15) is 11.1 Å². The van der Waals surface area contributed by atoms with Crippen molar-refractivity contribution in [2.75, 3.05) is 11.9 Å². The first kappa shape index (κ1) is 11.5. The number of benzene rings is 3. The summed E-state index contributed by atoms with van der Waals surface area (Å²) in [5.41, 5.74) is 6.83. The Bertz CT molecular complexity index is 802. The van der Waals surface area contributed by atoms with Crippen molar-refractivity contribution in [1.29, 1.82) is 0 Å². The molecule has 0 amide bonds. The zero-order valence-corrected chi connectivity index (χ0v) is 11.6. The van der Waals surface area contributed by atoms with Crippen LogP contribution in [0.3, 0.4) is 0 Å². The third-order valence-corrected chi connectivity index (χ3v) is 4.30. The van der Waals surface area contributed by atoms with Crippen LogP contribution in [0.5, 0.6) is 0 Å². The van der Waals surface area contributed by atoms with E-state index in [1.54, 1.807) is 0 Å². The summed E-state index contributed by atoms with van der Waals surface area (Å²) >= 11 is 0. The maximum Gasteiger partial charge on any atom is 0.0379 e. The lowest BCUT2D eigenvalue weighted by Gasteiger charge is -2.12. The maximum absolute atomic E-state index is 3.47. The average Bonchev–Trinajstić information content (AvgIpc) is 2.97. The molecule has 1 aliphatic rings. The van der Waals surface area contributed by atoms with Gasteiger partial charge in [0, 0.05) is 12.2 Å². The number of hydrogen-bond donors (Lipinski definition) is 1. The van der Waals surface area contributed by atoms with E-state index in [9.17, 15) is 0 Å². The minimum absolute atomic E-state index is 1.05. The van der Waals surface area contributed by atoms with Crippen molar-refractivity contribution in [3.05, 3.63) is 65.7 Å². The maximum atomic E-state index is 3.47. The summed E-state index contributed by atoms with van der Waals surface area (Å²) in [5.74, 6) is 0. The molecule has 20 heavy (non-hydrogen) atoms. The quantitative estimate of drug-likeness (QED) is 0.663. The first-order valence-electron chi connectivity index (χ1n) is 7.19. The van der Waals surface area contributed by atoms with Crippen LogP contribution in [0.25, 0.3) is 21.9 Å². The number of anilines is 1. The Morgan fingerprint density at radius 1 is 0.800 bits per heavy atom. The van der Waals surface area contributed by atoms with E-state index in [0.717, 1.165) is 13.0 Å². The first-order valence-corrected chi connectivity index (χ1v) is 7.19. The highest BCUT2D eigenvalue weighted by molar-refractivity contribution is 5.99. The topological polar surface area (TPSA) is 12.0 Å². The summed E-state index contributed by atoms with van der Waals surface area (Å²) in [4.78, 5) is 0. The van der Waals surface area contributed by atoms with E-state index >= 15 is 0 Å². The summed E-state index contributed by atoms with van der Waals surface area (Å²) in [6, 6.07) is 19.8. The van der Waals surface area contributed by atoms with E-state index in [1.807, 2.05) is 0 Å². The second-order valence-corrected chi connectivity index (χ2v) is 5.48. The van der Waals surface area contributed by atoms with Gasteiger partial charge in [0.15, 0.2) is 0 Å². The zero-order chi connectivity index (χ0) is 13.5. The highest BCUT2D eigenvalue weighted by Crippen LogP contribution is 2.37. The Morgan fingerprint density at radius 3 is 2.55 bits per heavy atom. The summed E-state index contributed by atoms with van der Waals surface area (Å²) in [6.45, 7) is 3.24. The van der Waals surface area contributed by atoms with Gasteiger partial charge in [0.2, 0.25) is 0 Å². The van der Waals surface area contributed by atoms with Gasteiger partial charge in [-0.3, -0.25) is 0 Å².